The maximum Gasteiger partial charge on any atom is 0.286 e. The number of methoxy groups -OCH3 is 1. The SMILES string of the molecule is COc1ccc(N2CCN(C3=NC(=O)/C(=C/c4ccc(N(C)C)cc4)S3)CC2)cc1. The van der Waals surface area contributed by atoms with Gasteiger partial charge in [0.25, 0.3) is 5.91 Å². The molecule has 0 bridgehead atoms. The van der Waals surface area contributed by atoms with Crippen LogP contribution in [-0.2, 0) is 4.79 Å². The highest BCUT2D eigenvalue weighted by molar-refractivity contribution is 8.18. The minimum atomic E-state index is -0.149. The first-order valence-corrected chi connectivity index (χ1v) is 10.8. The number of anilines is 2. The fourth-order valence-electron chi connectivity index (χ4n) is 3.50. The molecular weight excluding hydrogens is 396 g/mol. The molecule has 0 N–H and O–H groups in total. The van der Waals surface area contributed by atoms with E-state index in [9.17, 15) is 4.79 Å². The summed E-state index contributed by atoms with van der Waals surface area (Å²) in [5.41, 5.74) is 3.33. The van der Waals surface area contributed by atoms with Gasteiger partial charge in [0, 0.05) is 51.6 Å². The van der Waals surface area contributed by atoms with Crippen LogP contribution in [0.25, 0.3) is 6.08 Å². The van der Waals surface area contributed by atoms with Crippen LogP contribution >= 0.6 is 11.8 Å². The van der Waals surface area contributed by atoms with Crippen LogP contribution in [0.5, 0.6) is 5.75 Å². The van der Waals surface area contributed by atoms with Gasteiger partial charge >= 0.3 is 0 Å². The molecule has 1 saturated heterocycles. The summed E-state index contributed by atoms with van der Waals surface area (Å²) in [6.07, 6.45) is 1.93. The number of amides is 1. The summed E-state index contributed by atoms with van der Waals surface area (Å²) in [5, 5.41) is 0.811. The number of rotatable bonds is 4. The van der Waals surface area contributed by atoms with Crippen LogP contribution in [0.1, 0.15) is 5.56 Å². The number of piperazine rings is 1. The van der Waals surface area contributed by atoms with E-state index in [1.807, 2.05) is 44.4 Å². The molecule has 0 spiro atoms. The number of hydrogen-bond donors (Lipinski definition) is 0. The van der Waals surface area contributed by atoms with Gasteiger partial charge in [-0.05, 0) is 59.8 Å². The molecule has 0 aromatic heterocycles. The zero-order chi connectivity index (χ0) is 21.1. The molecule has 7 heteroatoms. The van der Waals surface area contributed by atoms with Gasteiger partial charge in [0.15, 0.2) is 5.17 Å². The van der Waals surface area contributed by atoms with Crippen molar-refractivity contribution in [2.24, 2.45) is 4.99 Å². The Hall–Kier alpha value is -2.93. The molecule has 0 aliphatic carbocycles. The number of carbonyl (C=O) groups excluding carboxylic acids is 1. The quantitative estimate of drug-likeness (QED) is 0.703. The summed E-state index contributed by atoms with van der Waals surface area (Å²) in [7, 11) is 5.70. The molecule has 2 aliphatic rings. The van der Waals surface area contributed by atoms with Crippen molar-refractivity contribution in [2.45, 2.75) is 0 Å². The van der Waals surface area contributed by atoms with Gasteiger partial charge < -0.3 is 19.4 Å². The summed E-state index contributed by atoms with van der Waals surface area (Å²) in [6.45, 7) is 3.47. The number of carbonyl (C=O) groups is 1. The van der Waals surface area contributed by atoms with Crippen molar-refractivity contribution >= 4 is 40.3 Å². The third-order valence-electron chi connectivity index (χ3n) is 5.30. The first-order valence-electron chi connectivity index (χ1n) is 9.97. The van der Waals surface area contributed by atoms with Crippen LogP contribution in [0.2, 0.25) is 0 Å². The second kappa shape index (κ2) is 8.83. The Balaban J connectivity index is 1.36. The average Bonchev–Trinajstić information content (AvgIpc) is 3.14. The van der Waals surface area contributed by atoms with E-state index < -0.39 is 0 Å². The number of thioether (sulfide) groups is 1. The van der Waals surface area contributed by atoms with E-state index in [1.54, 1.807) is 7.11 Å². The van der Waals surface area contributed by atoms with Crippen molar-refractivity contribution < 1.29 is 9.53 Å². The highest BCUT2D eigenvalue weighted by Gasteiger charge is 2.28. The van der Waals surface area contributed by atoms with E-state index in [0.717, 1.165) is 48.3 Å². The zero-order valence-corrected chi connectivity index (χ0v) is 18.4. The zero-order valence-electron chi connectivity index (χ0n) is 17.5. The minimum Gasteiger partial charge on any atom is -0.497 e. The topological polar surface area (TPSA) is 48.4 Å². The van der Waals surface area contributed by atoms with Crippen LogP contribution < -0.4 is 14.5 Å². The second-order valence-corrected chi connectivity index (χ2v) is 8.48. The highest BCUT2D eigenvalue weighted by Crippen LogP contribution is 2.31. The van der Waals surface area contributed by atoms with Crippen molar-refractivity contribution in [3.63, 3.8) is 0 Å². The first-order chi connectivity index (χ1) is 14.5. The normalized spacial score (nSPS) is 18.0. The van der Waals surface area contributed by atoms with E-state index in [-0.39, 0.29) is 5.91 Å². The molecule has 2 aromatic rings. The molecule has 0 atom stereocenters. The summed E-state index contributed by atoms with van der Waals surface area (Å²) in [4.78, 5) is 24.0. The number of aliphatic imine (C=N–C) groups is 1. The molecule has 0 radical (unpaired) electrons. The number of nitrogens with zero attached hydrogens (tertiary/aromatic N) is 4. The number of hydrogen-bond acceptors (Lipinski definition) is 6. The van der Waals surface area contributed by atoms with Crippen LogP contribution in [0.15, 0.2) is 58.4 Å². The Morgan fingerprint density at radius 2 is 1.60 bits per heavy atom. The summed E-state index contributed by atoms with van der Waals surface area (Å²) < 4.78 is 5.24. The molecule has 2 aromatic carbocycles. The van der Waals surface area contributed by atoms with Gasteiger partial charge in [0.05, 0.1) is 12.0 Å². The molecule has 0 saturated carbocycles. The van der Waals surface area contributed by atoms with Crippen molar-refractivity contribution in [3.05, 3.63) is 59.0 Å². The maximum absolute atomic E-state index is 12.4. The van der Waals surface area contributed by atoms with Gasteiger partial charge in [-0.15, -0.1) is 0 Å². The van der Waals surface area contributed by atoms with Crippen molar-refractivity contribution in [1.29, 1.82) is 0 Å². The molecule has 6 nitrogen and oxygen atoms in total. The third-order valence-corrected chi connectivity index (χ3v) is 6.35. The molecule has 4 rings (SSSR count). The molecule has 2 heterocycles. The smallest absolute Gasteiger partial charge is 0.286 e. The molecule has 1 fully saturated rings. The molecular formula is C23H26N4O2S. The van der Waals surface area contributed by atoms with Gasteiger partial charge in [0.2, 0.25) is 0 Å². The lowest BCUT2D eigenvalue weighted by Crippen LogP contribution is -2.47. The lowest BCUT2D eigenvalue weighted by Gasteiger charge is -2.36. The summed E-state index contributed by atoms with van der Waals surface area (Å²) >= 11 is 1.47. The molecule has 1 amide bonds. The Morgan fingerprint density at radius 1 is 0.967 bits per heavy atom. The van der Waals surface area contributed by atoms with Gasteiger partial charge in [-0.1, -0.05) is 12.1 Å². The van der Waals surface area contributed by atoms with Crippen molar-refractivity contribution in [2.75, 3.05) is 57.2 Å². The summed E-state index contributed by atoms with van der Waals surface area (Å²) in [6, 6.07) is 16.3. The average molecular weight is 423 g/mol. The Kier molecular flexibility index (Phi) is 5.99. The van der Waals surface area contributed by atoms with Gasteiger partial charge in [-0.2, -0.15) is 4.99 Å². The Morgan fingerprint density at radius 3 is 2.20 bits per heavy atom. The van der Waals surface area contributed by atoms with Gasteiger partial charge in [-0.3, -0.25) is 4.79 Å². The number of amidine groups is 1. The first kappa shape index (κ1) is 20.3. The molecule has 156 valence electrons. The van der Waals surface area contributed by atoms with E-state index >= 15 is 0 Å². The standard InChI is InChI=1S/C23H26N4O2S/c1-25(2)18-6-4-17(5-7-18)16-21-22(28)24-23(30-21)27-14-12-26(13-15-27)19-8-10-20(29-3)11-9-19/h4-11,16H,12-15H2,1-3H3/b21-16-. The van der Waals surface area contributed by atoms with Gasteiger partial charge in [-0.25, -0.2) is 0 Å². The van der Waals surface area contributed by atoms with E-state index in [4.69, 9.17) is 4.74 Å². The highest BCUT2D eigenvalue weighted by atomic mass is 32.2. The Labute approximate surface area is 181 Å². The largest absolute Gasteiger partial charge is 0.497 e. The maximum atomic E-state index is 12.4. The van der Waals surface area contributed by atoms with Crippen molar-refractivity contribution in [1.82, 2.24) is 4.90 Å². The van der Waals surface area contributed by atoms with Crippen LogP contribution in [0.3, 0.4) is 0 Å². The predicted molar refractivity (Wildman–Crippen MR) is 126 cm³/mol. The Bertz CT molecular complexity index is 960. The lowest BCUT2D eigenvalue weighted by atomic mass is 10.2. The monoisotopic (exact) mass is 422 g/mol. The fourth-order valence-corrected chi connectivity index (χ4v) is 4.47. The van der Waals surface area contributed by atoms with Crippen molar-refractivity contribution in [3.8, 4) is 5.75 Å². The third kappa shape index (κ3) is 4.46. The van der Waals surface area contributed by atoms with Gasteiger partial charge in [0.1, 0.15) is 5.75 Å². The number of ether oxygens (including phenoxy) is 1. The molecule has 30 heavy (non-hydrogen) atoms. The molecule has 0 unspecified atom stereocenters. The van der Waals surface area contributed by atoms with Crippen LogP contribution in [-0.4, -0.2) is 63.4 Å². The van der Waals surface area contributed by atoms with E-state index in [0.29, 0.717) is 4.91 Å². The summed E-state index contributed by atoms with van der Waals surface area (Å²) in [5.74, 6) is 0.715. The fraction of sp³-hybridized carbons (Fsp3) is 0.304. The van der Waals surface area contributed by atoms with E-state index in [2.05, 4.69) is 44.0 Å². The van der Waals surface area contributed by atoms with Crippen LogP contribution in [0, 0.1) is 0 Å². The predicted octanol–water partition coefficient (Wildman–Crippen LogP) is 3.55. The number of benzene rings is 2. The lowest BCUT2D eigenvalue weighted by molar-refractivity contribution is -0.113. The minimum absolute atomic E-state index is 0.149. The van der Waals surface area contributed by atoms with E-state index in [1.165, 1.54) is 17.4 Å². The second-order valence-electron chi connectivity index (χ2n) is 7.47. The molecule has 2 aliphatic heterocycles. The van der Waals surface area contributed by atoms with Crippen LogP contribution in [0.4, 0.5) is 11.4 Å².